The molecule has 5 heteroatoms. The van der Waals surface area contributed by atoms with Gasteiger partial charge in [0.1, 0.15) is 0 Å². The van der Waals surface area contributed by atoms with E-state index in [1.165, 1.54) is 5.69 Å². The molecule has 0 bridgehead atoms. The third-order valence-corrected chi connectivity index (χ3v) is 3.26. The fraction of sp³-hybridized carbons (Fsp3) is 0.769. The van der Waals surface area contributed by atoms with Crippen molar-refractivity contribution in [3.63, 3.8) is 0 Å². The zero-order chi connectivity index (χ0) is 13.5. The highest BCUT2D eigenvalue weighted by Crippen LogP contribution is 2.12. The molecule has 0 amide bonds. The Bertz CT molecular complexity index is 351. The SMILES string of the molecule is CCOC(CC)C(Cc1cc(CC)nn1C)NN. The molecule has 0 saturated heterocycles. The van der Waals surface area contributed by atoms with E-state index in [2.05, 4.69) is 30.4 Å². The standard InChI is InChI=1S/C13H26N4O/c1-5-10-8-11(17(4)16-10)9-12(15-14)13(6-2)18-7-3/h8,12-13,15H,5-7,9,14H2,1-4H3. The molecule has 1 rings (SSSR count). The van der Waals surface area contributed by atoms with Crippen LogP contribution < -0.4 is 11.3 Å². The molecule has 1 aromatic rings. The lowest BCUT2D eigenvalue weighted by atomic mass is 10.0. The number of hydrazine groups is 1. The fourth-order valence-corrected chi connectivity index (χ4v) is 2.19. The van der Waals surface area contributed by atoms with Crippen molar-refractivity contribution in [2.75, 3.05) is 6.61 Å². The summed E-state index contributed by atoms with van der Waals surface area (Å²) in [5, 5.41) is 4.45. The Morgan fingerprint density at radius 3 is 2.61 bits per heavy atom. The van der Waals surface area contributed by atoms with Gasteiger partial charge in [-0.1, -0.05) is 13.8 Å². The Balaban J connectivity index is 2.74. The van der Waals surface area contributed by atoms with Gasteiger partial charge in [0.25, 0.3) is 0 Å². The Labute approximate surface area is 110 Å². The molecule has 0 aliphatic carbocycles. The van der Waals surface area contributed by atoms with Crippen LogP contribution in [0.2, 0.25) is 0 Å². The molecule has 1 heterocycles. The van der Waals surface area contributed by atoms with Gasteiger partial charge in [-0.25, -0.2) is 0 Å². The molecule has 0 spiro atoms. The number of aromatic nitrogens is 2. The maximum absolute atomic E-state index is 5.72. The summed E-state index contributed by atoms with van der Waals surface area (Å²) < 4.78 is 7.65. The monoisotopic (exact) mass is 254 g/mol. The minimum Gasteiger partial charge on any atom is -0.377 e. The largest absolute Gasteiger partial charge is 0.377 e. The van der Waals surface area contributed by atoms with Gasteiger partial charge in [0, 0.05) is 25.8 Å². The van der Waals surface area contributed by atoms with Gasteiger partial charge in [-0.3, -0.25) is 16.0 Å². The number of nitrogens with one attached hydrogen (secondary N) is 1. The molecular formula is C13H26N4O. The van der Waals surface area contributed by atoms with Gasteiger partial charge >= 0.3 is 0 Å². The van der Waals surface area contributed by atoms with Gasteiger partial charge in [-0.15, -0.1) is 0 Å². The molecule has 18 heavy (non-hydrogen) atoms. The molecule has 0 aromatic carbocycles. The van der Waals surface area contributed by atoms with Crippen LogP contribution in [0.4, 0.5) is 0 Å². The first-order valence-electron chi connectivity index (χ1n) is 6.75. The van der Waals surface area contributed by atoms with E-state index in [9.17, 15) is 0 Å². The highest BCUT2D eigenvalue weighted by molar-refractivity contribution is 5.12. The van der Waals surface area contributed by atoms with Crippen molar-refractivity contribution in [3.8, 4) is 0 Å². The van der Waals surface area contributed by atoms with Gasteiger partial charge in [0.2, 0.25) is 0 Å². The van der Waals surface area contributed by atoms with Crippen LogP contribution in [0.3, 0.4) is 0 Å². The minimum absolute atomic E-state index is 0.120. The maximum Gasteiger partial charge on any atom is 0.0742 e. The highest BCUT2D eigenvalue weighted by Gasteiger charge is 2.21. The Morgan fingerprint density at radius 1 is 1.44 bits per heavy atom. The van der Waals surface area contributed by atoms with Crippen molar-refractivity contribution in [1.29, 1.82) is 0 Å². The Morgan fingerprint density at radius 2 is 2.17 bits per heavy atom. The van der Waals surface area contributed by atoms with Gasteiger partial charge in [0.15, 0.2) is 0 Å². The van der Waals surface area contributed by atoms with E-state index in [1.54, 1.807) is 0 Å². The second kappa shape index (κ2) is 7.51. The molecule has 5 nitrogen and oxygen atoms in total. The highest BCUT2D eigenvalue weighted by atomic mass is 16.5. The van der Waals surface area contributed by atoms with E-state index in [1.807, 2.05) is 18.7 Å². The first-order chi connectivity index (χ1) is 8.65. The molecule has 2 unspecified atom stereocenters. The number of hydrogen-bond donors (Lipinski definition) is 2. The van der Waals surface area contributed by atoms with E-state index in [-0.39, 0.29) is 12.1 Å². The van der Waals surface area contributed by atoms with Crippen molar-refractivity contribution in [1.82, 2.24) is 15.2 Å². The topological polar surface area (TPSA) is 65.1 Å². The summed E-state index contributed by atoms with van der Waals surface area (Å²) in [5.41, 5.74) is 5.18. The van der Waals surface area contributed by atoms with E-state index in [0.717, 1.165) is 25.0 Å². The van der Waals surface area contributed by atoms with Crippen LogP contribution >= 0.6 is 0 Å². The predicted molar refractivity (Wildman–Crippen MR) is 73.1 cm³/mol. The van der Waals surface area contributed by atoms with Crippen LogP contribution in [-0.4, -0.2) is 28.5 Å². The van der Waals surface area contributed by atoms with Gasteiger partial charge in [0.05, 0.1) is 17.8 Å². The predicted octanol–water partition coefficient (Wildman–Crippen LogP) is 1.17. The summed E-state index contributed by atoms with van der Waals surface area (Å²) in [7, 11) is 1.98. The second-order valence-electron chi connectivity index (χ2n) is 4.48. The number of nitrogens with zero attached hydrogens (tertiary/aromatic N) is 2. The normalized spacial score (nSPS) is 14.7. The van der Waals surface area contributed by atoms with Crippen molar-refractivity contribution in [2.45, 2.75) is 52.2 Å². The van der Waals surface area contributed by atoms with Gasteiger partial charge in [-0.2, -0.15) is 5.10 Å². The van der Waals surface area contributed by atoms with E-state index >= 15 is 0 Å². The molecule has 1 aromatic heterocycles. The Hall–Kier alpha value is -0.910. The molecule has 0 fully saturated rings. The van der Waals surface area contributed by atoms with Crippen LogP contribution in [0.1, 0.15) is 38.6 Å². The smallest absolute Gasteiger partial charge is 0.0742 e. The van der Waals surface area contributed by atoms with Crippen molar-refractivity contribution in [2.24, 2.45) is 12.9 Å². The van der Waals surface area contributed by atoms with Gasteiger partial charge in [-0.05, 0) is 25.8 Å². The lowest BCUT2D eigenvalue weighted by molar-refractivity contribution is 0.0315. The average Bonchev–Trinajstić information content (AvgIpc) is 2.74. The number of aryl methyl sites for hydroxylation is 2. The number of rotatable bonds is 8. The second-order valence-corrected chi connectivity index (χ2v) is 4.48. The molecular weight excluding hydrogens is 228 g/mol. The molecule has 2 atom stereocenters. The lowest BCUT2D eigenvalue weighted by Gasteiger charge is -2.25. The van der Waals surface area contributed by atoms with Crippen molar-refractivity contribution >= 4 is 0 Å². The molecule has 104 valence electrons. The quantitative estimate of drug-likeness (QED) is 0.540. The summed E-state index contributed by atoms with van der Waals surface area (Å²) >= 11 is 0. The van der Waals surface area contributed by atoms with E-state index in [0.29, 0.717) is 6.61 Å². The first-order valence-corrected chi connectivity index (χ1v) is 6.75. The summed E-state index contributed by atoms with van der Waals surface area (Å²) in [6.07, 6.45) is 2.87. The maximum atomic E-state index is 5.72. The summed E-state index contributed by atoms with van der Waals surface area (Å²) in [6.45, 7) is 6.95. The van der Waals surface area contributed by atoms with Crippen LogP contribution in [0, 0.1) is 0 Å². The zero-order valence-electron chi connectivity index (χ0n) is 11.9. The minimum atomic E-state index is 0.120. The van der Waals surface area contributed by atoms with Crippen LogP contribution in [0.25, 0.3) is 0 Å². The number of hydrogen-bond acceptors (Lipinski definition) is 4. The molecule has 0 radical (unpaired) electrons. The fourth-order valence-electron chi connectivity index (χ4n) is 2.19. The number of nitrogens with two attached hydrogens (primary N) is 1. The summed E-state index contributed by atoms with van der Waals surface area (Å²) in [6, 6.07) is 2.26. The van der Waals surface area contributed by atoms with Crippen LogP contribution in [0.5, 0.6) is 0 Å². The average molecular weight is 254 g/mol. The number of ether oxygens (including phenoxy) is 1. The zero-order valence-corrected chi connectivity index (χ0v) is 11.9. The van der Waals surface area contributed by atoms with Crippen molar-refractivity contribution in [3.05, 3.63) is 17.5 Å². The van der Waals surface area contributed by atoms with Crippen LogP contribution in [-0.2, 0) is 24.6 Å². The van der Waals surface area contributed by atoms with Crippen LogP contribution in [0.15, 0.2) is 6.07 Å². The Kier molecular flexibility index (Phi) is 6.32. The molecule has 0 saturated carbocycles. The third-order valence-electron chi connectivity index (χ3n) is 3.26. The van der Waals surface area contributed by atoms with Gasteiger partial charge < -0.3 is 4.74 Å². The third kappa shape index (κ3) is 3.80. The van der Waals surface area contributed by atoms with E-state index < -0.39 is 0 Å². The molecule has 0 aliphatic heterocycles. The summed E-state index contributed by atoms with van der Waals surface area (Å²) in [4.78, 5) is 0. The van der Waals surface area contributed by atoms with E-state index in [4.69, 9.17) is 10.6 Å². The molecule has 3 N–H and O–H groups in total. The lowest BCUT2D eigenvalue weighted by Crippen LogP contribution is -2.46. The first kappa shape index (κ1) is 15.1. The summed E-state index contributed by atoms with van der Waals surface area (Å²) in [5.74, 6) is 5.66. The van der Waals surface area contributed by atoms with Crippen molar-refractivity contribution < 1.29 is 4.74 Å². The molecule has 0 aliphatic rings.